The van der Waals surface area contributed by atoms with Crippen LogP contribution in [0.2, 0.25) is 0 Å². The fourth-order valence-corrected chi connectivity index (χ4v) is 1.51. The van der Waals surface area contributed by atoms with Gasteiger partial charge in [-0.2, -0.15) is 0 Å². The molecule has 0 spiro atoms. The van der Waals surface area contributed by atoms with Crippen LogP contribution in [-0.4, -0.2) is 50.5 Å². The quantitative estimate of drug-likeness (QED) is 0.559. The lowest BCUT2D eigenvalue weighted by Gasteiger charge is -2.14. The number of ether oxygens (including phenoxy) is 1. The normalized spacial score (nSPS) is 18.0. The van der Waals surface area contributed by atoms with E-state index in [-0.39, 0.29) is 0 Å². The summed E-state index contributed by atoms with van der Waals surface area (Å²) in [5.74, 6) is 0. The Morgan fingerprint density at radius 1 is 1.28 bits per heavy atom. The largest absolute Gasteiger partial charge is 0.497 e. The van der Waals surface area contributed by atoms with Crippen LogP contribution in [0.15, 0.2) is 47.9 Å². The van der Waals surface area contributed by atoms with Crippen LogP contribution in [-0.2, 0) is 4.74 Å². The molecule has 0 atom stereocenters. The molecular formula is C15H23N2O+. The summed E-state index contributed by atoms with van der Waals surface area (Å²) in [5.41, 5.74) is 2.49. The van der Waals surface area contributed by atoms with Gasteiger partial charge in [-0.15, -0.1) is 0 Å². The molecular weight excluding hydrogens is 224 g/mol. The molecule has 0 saturated heterocycles. The van der Waals surface area contributed by atoms with Gasteiger partial charge in [0.15, 0.2) is 6.21 Å². The van der Waals surface area contributed by atoms with Crippen molar-refractivity contribution in [3.05, 3.63) is 47.9 Å². The molecule has 0 bridgehead atoms. The fraction of sp³-hybridized carbons (Fsp3) is 0.400. The first-order valence-electron chi connectivity index (χ1n) is 6.09. The molecule has 98 valence electrons. The zero-order chi connectivity index (χ0) is 13.4. The van der Waals surface area contributed by atoms with Gasteiger partial charge in [-0.05, 0) is 35.9 Å². The molecule has 18 heavy (non-hydrogen) atoms. The zero-order valence-electron chi connectivity index (χ0n) is 11.8. The second-order valence-corrected chi connectivity index (χ2v) is 4.78. The van der Waals surface area contributed by atoms with Crippen molar-refractivity contribution in [3.8, 4) is 0 Å². The van der Waals surface area contributed by atoms with Crippen molar-refractivity contribution in [1.82, 2.24) is 4.90 Å². The molecule has 0 radical (unpaired) electrons. The SMILES string of the molecule is CN(C)/C=C/C=C1\COC=C(/C=C/C=[N+](C)C)C1. The molecule has 0 fully saturated rings. The summed E-state index contributed by atoms with van der Waals surface area (Å²) < 4.78 is 7.46. The van der Waals surface area contributed by atoms with Gasteiger partial charge in [0.25, 0.3) is 0 Å². The van der Waals surface area contributed by atoms with Crippen molar-refractivity contribution in [2.45, 2.75) is 6.42 Å². The third-order valence-electron chi connectivity index (χ3n) is 2.35. The van der Waals surface area contributed by atoms with E-state index in [9.17, 15) is 0 Å². The van der Waals surface area contributed by atoms with E-state index in [2.05, 4.69) is 18.2 Å². The first-order chi connectivity index (χ1) is 8.58. The molecule has 0 unspecified atom stereocenters. The number of hydrogen-bond acceptors (Lipinski definition) is 2. The molecule has 1 heterocycles. The van der Waals surface area contributed by atoms with Crippen LogP contribution < -0.4 is 0 Å². The van der Waals surface area contributed by atoms with Gasteiger partial charge in [-0.3, -0.25) is 0 Å². The summed E-state index contributed by atoms with van der Waals surface area (Å²) in [4.78, 5) is 2.02. The summed E-state index contributed by atoms with van der Waals surface area (Å²) in [7, 11) is 8.04. The van der Waals surface area contributed by atoms with Crippen molar-refractivity contribution >= 4 is 6.21 Å². The van der Waals surface area contributed by atoms with Crippen molar-refractivity contribution in [1.29, 1.82) is 0 Å². The Morgan fingerprint density at radius 3 is 2.72 bits per heavy atom. The topological polar surface area (TPSA) is 15.5 Å². The molecule has 3 nitrogen and oxygen atoms in total. The Kier molecular flexibility index (Phi) is 5.98. The van der Waals surface area contributed by atoms with Crippen LogP contribution in [0, 0.1) is 0 Å². The molecule has 3 heteroatoms. The molecule has 0 aromatic heterocycles. The van der Waals surface area contributed by atoms with Gasteiger partial charge in [0.2, 0.25) is 0 Å². The first-order valence-corrected chi connectivity index (χ1v) is 6.09. The van der Waals surface area contributed by atoms with Crippen molar-refractivity contribution in [3.63, 3.8) is 0 Å². The Hall–Kier alpha value is -1.77. The first kappa shape index (κ1) is 14.3. The van der Waals surface area contributed by atoms with E-state index in [1.54, 1.807) is 0 Å². The highest BCUT2D eigenvalue weighted by Crippen LogP contribution is 2.18. The van der Waals surface area contributed by atoms with Crippen molar-refractivity contribution in [2.75, 3.05) is 34.8 Å². The van der Waals surface area contributed by atoms with Gasteiger partial charge in [-0.1, -0.05) is 6.08 Å². The molecule has 0 amide bonds. The Balaban J connectivity index is 2.58. The highest BCUT2D eigenvalue weighted by molar-refractivity contribution is 5.67. The third kappa shape index (κ3) is 6.09. The van der Waals surface area contributed by atoms with Gasteiger partial charge in [0, 0.05) is 20.2 Å². The van der Waals surface area contributed by atoms with E-state index in [0.717, 1.165) is 6.42 Å². The molecule has 1 aliphatic rings. The zero-order valence-corrected chi connectivity index (χ0v) is 11.8. The molecule has 0 aromatic rings. The lowest BCUT2D eigenvalue weighted by molar-refractivity contribution is -0.458. The Bertz CT molecular complexity index is 408. The third-order valence-corrected chi connectivity index (χ3v) is 2.35. The maximum Gasteiger partial charge on any atom is 0.162 e. The summed E-state index contributed by atoms with van der Waals surface area (Å²) in [5, 5.41) is 0. The van der Waals surface area contributed by atoms with E-state index in [1.807, 2.05) is 62.4 Å². The Morgan fingerprint density at radius 2 is 2.06 bits per heavy atom. The highest BCUT2D eigenvalue weighted by Gasteiger charge is 2.06. The van der Waals surface area contributed by atoms with Gasteiger partial charge < -0.3 is 9.64 Å². The number of hydrogen-bond donors (Lipinski definition) is 0. The maximum atomic E-state index is 5.45. The minimum Gasteiger partial charge on any atom is -0.497 e. The standard InChI is InChI=1S/C15H23N2O/c1-16(2)9-5-7-14-11-15(13-18-12-14)8-6-10-17(3)4/h5-10,12H,11,13H2,1-4H3/q+1/b7-5+,10-6+,15-8-. The molecule has 0 saturated carbocycles. The second kappa shape index (κ2) is 7.54. The fourth-order valence-electron chi connectivity index (χ4n) is 1.51. The smallest absolute Gasteiger partial charge is 0.162 e. The summed E-state index contributed by atoms with van der Waals surface area (Å²) in [6, 6.07) is 0. The van der Waals surface area contributed by atoms with Crippen LogP contribution in [0.3, 0.4) is 0 Å². The van der Waals surface area contributed by atoms with Crippen LogP contribution in [0.1, 0.15) is 6.42 Å². The number of rotatable bonds is 4. The van der Waals surface area contributed by atoms with E-state index in [4.69, 9.17) is 4.74 Å². The van der Waals surface area contributed by atoms with Crippen LogP contribution in [0.4, 0.5) is 0 Å². The summed E-state index contributed by atoms with van der Waals surface area (Å²) in [6.07, 6.45) is 15.1. The maximum absolute atomic E-state index is 5.45. The summed E-state index contributed by atoms with van der Waals surface area (Å²) in [6.45, 7) is 0.687. The average molecular weight is 247 g/mol. The van der Waals surface area contributed by atoms with E-state index in [0.29, 0.717) is 6.61 Å². The lowest BCUT2D eigenvalue weighted by atomic mass is 10.0. The molecule has 0 aromatic carbocycles. The lowest BCUT2D eigenvalue weighted by Crippen LogP contribution is -2.03. The van der Waals surface area contributed by atoms with Crippen LogP contribution in [0.5, 0.6) is 0 Å². The minimum absolute atomic E-state index is 0.687. The molecule has 0 aliphatic carbocycles. The van der Waals surface area contributed by atoms with Gasteiger partial charge in [0.1, 0.15) is 20.7 Å². The van der Waals surface area contributed by atoms with Gasteiger partial charge in [0.05, 0.1) is 6.26 Å². The number of allylic oxidation sites excluding steroid dienone is 5. The van der Waals surface area contributed by atoms with Crippen molar-refractivity contribution in [2.24, 2.45) is 0 Å². The summed E-state index contributed by atoms with van der Waals surface area (Å²) >= 11 is 0. The van der Waals surface area contributed by atoms with Gasteiger partial charge >= 0.3 is 0 Å². The predicted molar refractivity (Wildman–Crippen MR) is 76.9 cm³/mol. The van der Waals surface area contributed by atoms with Crippen molar-refractivity contribution < 1.29 is 9.31 Å². The number of nitrogens with zero attached hydrogens (tertiary/aromatic N) is 2. The molecule has 0 N–H and O–H groups in total. The monoisotopic (exact) mass is 247 g/mol. The predicted octanol–water partition coefficient (Wildman–Crippen LogP) is 2.19. The minimum atomic E-state index is 0.687. The van der Waals surface area contributed by atoms with Crippen LogP contribution >= 0.6 is 0 Å². The van der Waals surface area contributed by atoms with Crippen LogP contribution in [0.25, 0.3) is 0 Å². The average Bonchev–Trinajstić information content (AvgIpc) is 2.28. The van der Waals surface area contributed by atoms with E-state index >= 15 is 0 Å². The van der Waals surface area contributed by atoms with E-state index in [1.165, 1.54) is 11.1 Å². The molecule has 1 aliphatic heterocycles. The highest BCUT2D eigenvalue weighted by atomic mass is 16.5. The Labute approximate surface area is 110 Å². The second-order valence-electron chi connectivity index (χ2n) is 4.78. The van der Waals surface area contributed by atoms with Gasteiger partial charge in [-0.25, -0.2) is 4.58 Å². The van der Waals surface area contributed by atoms with E-state index < -0.39 is 0 Å². The molecule has 1 rings (SSSR count).